The van der Waals surface area contributed by atoms with Crippen LogP contribution in [-0.2, 0) is 13.1 Å². The zero-order chi connectivity index (χ0) is 20.2. The number of fused-ring (bicyclic) bond motifs is 1. The van der Waals surface area contributed by atoms with Crippen molar-refractivity contribution in [3.63, 3.8) is 0 Å². The van der Waals surface area contributed by atoms with Gasteiger partial charge in [0.15, 0.2) is 11.5 Å². The van der Waals surface area contributed by atoms with Gasteiger partial charge in [0.2, 0.25) is 0 Å². The first kappa shape index (κ1) is 18.7. The molecule has 3 aromatic rings. The third-order valence-corrected chi connectivity index (χ3v) is 4.76. The van der Waals surface area contributed by atoms with E-state index in [0.29, 0.717) is 18.0 Å². The van der Waals surface area contributed by atoms with Crippen molar-refractivity contribution in [2.75, 3.05) is 26.6 Å². The van der Waals surface area contributed by atoms with E-state index in [2.05, 4.69) is 15.3 Å². The van der Waals surface area contributed by atoms with Crippen LogP contribution in [0.4, 0.5) is 11.5 Å². The zero-order valence-electron chi connectivity index (χ0n) is 16.7. The Hall–Kier alpha value is -3.61. The smallest absolute Gasteiger partial charge is 0.161 e. The summed E-state index contributed by atoms with van der Waals surface area (Å²) in [4.78, 5) is 15.7. The molecule has 148 valence electrons. The lowest BCUT2D eigenvalue weighted by Gasteiger charge is -2.23. The van der Waals surface area contributed by atoms with Crippen LogP contribution in [0, 0.1) is 0 Å². The predicted octanol–water partition coefficient (Wildman–Crippen LogP) is 3.88. The molecule has 1 N–H and O–H groups in total. The SMILES string of the molecule is COc1ccc(-c2cc3c(c(NCc4cccnc4)n2)CN(C)C=N3)cc1OC. The second-order valence-electron chi connectivity index (χ2n) is 6.80. The van der Waals surface area contributed by atoms with Crippen molar-refractivity contribution in [1.29, 1.82) is 0 Å². The molecule has 7 nitrogen and oxygen atoms in total. The molecule has 0 fully saturated rings. The average molecular weight is 389 g/mol. The van der Waals surface area contributed by atoms with Crippen molar-refractivity contribution < 1.29 is 9.47 Å². The molecule has 0 spiro atoms. The van der Waals surface area contributed by atoms with E-state index in [0.717, 1.165) is 40.4 Å². The fraction of sp³-hybridized carbons (Fsp3) is 0.227. The first-order valence-electron chi connectivity index (χ1n) is 9.31. The van der Waals surface area contributed by atoms with E-state index < -0.39 is 0 Å². The Labute approximate surface area is 170 Å². The monoisotopic (exact) mass is 389 g/mol. The minimum absolute atomic E-state index is 0.635. The number of anilines is 1. The maximum Gasteiger partial charge on any atom is 0.161 e. The summed E-state index contributed by atoms with van der Waals surface area (Å²) in [6.45, 7) is 1.38. The number of aliphatic imine (C=N–C) groups is 1. The van der Waals surface area contributed by atoms with Gasteiger partial charge in [-0.3, -0.25) is 4.98 Å². The van der Waals surface area contributed by atoms with Crippen molar-refractivity contribution in [2.24, 2.45) is 4.99 Å². The molecular formula is C22H23N5O2. The van der Waals surface area contributed by atoms with Gasteiger partial charge in [-0.05, 0) is 35.9 Å². The Balaban J connectivity index is 1.73. The number of rotatable bonds is 6. The normalized spacial score (nSPS) is 12.4. The van der Waals surface area contributed by atoms with Crippen LogP contribution in [0.2, 0.25) is 0 Å². The number of methoxy groups -OCH3 is 2. The maximum absolute atomic E-state index is 5.45. The van der Waals surface area contributed by atoms with E-state index in [1.54, 1.807) is 20.4 Å². The van der Waals surface area contributed by atoms with Gasteiger partial charge in [0.05, 0.1) is 31.9 Å². The van der Waals surface area contributed by atoms with Crippen molar-refractivity contribution in [3.8, 4) is 22.8 Å². The summed E-state index contributed by atoms with van der Waals surface area (Å²) in [5.74, 6) is 2.17. The van der Waals surface area contributed by atoms with Gasteiger partial charge in [0, 0.05) is 43.7 Å². The Kier molecular flexibility index (Phi) is 5.29. The van der Waals surface area contributed by atoms with Gasteiger partial charge in [0.1, 0.15) is 5.82 Å². The molecule has 0 bridgehead atoms. The summed E-state index contributed by atoms with van der Waals surface area (Å²) in [7, 11) is 5.25. The highest BCUT2D eigenvalue weighted by atomic mass is 16.5. The Morgan fingerprint density at radius 3 is 2.72 bits per heavy atom. The minimum atomic E-state index is 0.635. The third kappa shape index (κ3) is 3.99. The summed E-state index contributed by atoms with van der Waals surface area (Å²) >= 11 is 0. The number of benzene rings is 1. The lowest BCUT2D eigenvalue weighted by atomic mass is 10.1. The van der Waals surface area contributed by atoms with Crippen molar-refractivity contribution in [2.45, 2.75) is 13.1 Å². The lowest BCUT2D eigenvalue weighted by Crippen LogP contribution is -2.20. The highest BCUT2D eigenvalue weighted by Crippen LogP contribution is 2.36. The molecule has 2 aromatic heterocycles. The van der Waals surface area contributed by atoms with Crippen molar-refractivity contribution in [3.05, 3.63) is 59.9 Å². The molecule has 0 unspecified atom stereocenters. The molecule has 1 aromatic carbocycles. The van der Waals surface area contributed by atoms with Gasteiger partial charge in [-0.25, -0.2) is 9.98 Å². The molecule has 0 aliphatic carbocycles. The van der Waals surface area contributed by atoms with Crippen LogP contribution in [0.3, 0.4) is 0 Å². The summed E-state index contributed by atoms with van der Waals surface area (Å²) in [5.41, 5.74) is 4.83. The standard InChI is InChI=1S/C22H23N5O2/c1-27-13-17-19(25-14-27)10-18(16-6-7-20(28-2)21(9-16)29-3)26-22(17)24-12-15-5-4-8-23-11-15/h4-11,14H,12-13H2,1-3H3,(H,24,26). The van der Waals surface area contributed by atoms with Crippen molar-refractivity contribution in [1.82, 2.24) is 14.9 Å². The topological polar surface area (TPSA) is 71.9 Å². The largest absolute Gasteiger partial charge is 0.493 e. The fourth-order valence-corrected chi connectivity index (χ4v) is 3.26. The van der Waals surface area contributed by atoms with E-state index in [1.165, 1.54) is 0 Å². The summed E-state index contributed by atoms with van der Waals surface area (Å²) < 4.78 is 10.8. The fourth-order valence-electron chi connectivity index (χ4n) is 3.26. The van der Waals surface area contributed by atoms with Crippen molar-refractivity contribution >= 4 is 17.8 Å². The van der Waals surface area contributed by atoms with Gasteiger partial charge >= 0.3 is 0 Å². The van der Waals surface area contributed by atoms with E-state index in [9.17, 15) is 0 Å². The first-order chi connectivity index (χ1) is 14.2. The highest BCUT2D eigenvalue weighted by Gasteiger charge is 2.18. The second kappa shape index (κ2) is 8.18. The minimum Gasteiger partial charge on any atom is -0.493 e. The van der Waals surface area contributed by atoms with Gasteiger partial charge in [-0.2, -0.15) is 0 Å². The lowest BCUT2D eigenvalue weighted by molar-refractivity contribution is 0.355. The molecule has 0 radical (unpaired) electrons. The highest BCUT2D eigenvalue weighted by molar-refractivity contribution is 5.76. The molecule has 0 saturated heterocycles. The molecule has 1 aliphatic heterocycles. The van der Waals surface area contributed by atoms with Crippen LogP contribution in [0.15, 0.2) is 53.8 Å². The Morgan fingerprint density at radius 2 is 1.97 bits per heavy atom. The Morgan fingerprint density at radius 1 is 1.10 bits per heavy atom. The molecular weight excluding hydrogens is 366 g/mol. The molecule has 7 heteroatoms. The molecule has 0 saturated carbocycles. The quantitative estimate of drug-likeness (QED) is 0.690. The second-order valence-corrected chi connectivity index (χ2v) is 6.80. The number of hydrogen-bond donors (Lipinski definition) is 1. The van der Waals surface area contributed by atoms with Gasteiger partial charge < -0.3 is 19.7 Å². The average Bonchev–Trinajstić information content (AvgIpc) is 2.77. The number of hydrogen-bond acceptors (Lipinski definition) is 7. The van der Waals surface area contributed by atoms with Gasteiger partial charge in [-0.15, -0.1) is 0 Å². The first-order valence-corrected chi connectivity index (χ1v) is 9.31. The van der Waals surface area contributed by atoms with Crippen LogP contribution in [0.5, 0.6) is 11.5 Å². The van der Waals surface area contributed by atoms with E-state index >= 15 is 0 Å². The van der Waals surface area contributed by atoms with Crippen LogP contribution in [0.25, 0.3) is 11.3 Å². The van der Waals surface area contributed by atoms with E-state index in [1.807, 2.05) is 60.9 Å². The number of nitrogens with one attached hydrogen (secondary N) is 1. The molecule has 0 atom stereocenters. The number of pyridine rings is 2. The van der Waals surface area contributed by atoms with Crippen LogP contribution in [-0.4, -0.2) is 42.5 Å². The van der Waals surface area contributed by atoms with Crippen LogP contribution in [0.1, 0.15) is 11.1 Å². The summed E-state index contributed by atoms with van der Waals surface area (Å²) in [5, 5.41) is 3.46. The number of ether oxygens (including phenoxy) is 2. The molecule has 1 aliphatic rings. The molecule has 3 heterocycles. The summed E-state index contributed by atoms with van der Waals surface area (Å²) in [6, 6.07) is 11.8. The van der Waals surface area contributed by atoms with Crippen LogP contribution < -0.4 is 14.8 Å². The molecule has 29 heavy (non-hydrogen) atoms. The molecule has 0 amide bonds. The number of aromatic nitrogens is 2. The Bertz CT molecular complexity index is 1040. The van der Waals surface area contributed by atoms with Crippen LogP contribution >= 0.6 is 0 Å². The zero-order valence-corrected chi connectivity index (χ0v) is 16.7. The molecule has 4 rings (SSSR count). The predicted molar refractivity (Wildman–Crippen MR) is 114 cm³/mol. The number of nitrogens with zero attached hydrogens (tertiary/aromatic N) is 4. The van der Waals surface area contributed by atoms with E-state index in [-0.39, 0.29) is 0 Å². The van der Waals surface area contributed by atoms with Gasteiger partial charge in [0.25, 0.3) is 0 Å². The third-order valence-electron chi connectivity index (χ3n) is 4.76. The van der Waals surface area contributed by atoms with Gasteiger partial charge in [-0.1, -0.05) is 6.07 Å². The summed E-state index contributed by atoms with van der Waals surface area (Å²) in [6.07, 6.45) is 5.46. The maximum atomic E-state index is 5.45. The van der Waals surface area contributed by atoms with E-state index in [4.69, 9.17) is 14.5 Å².